The summed E-state index contributed by atoms with van der Waals surface area (Å²) in [5.41, 5.74) is 2.28. The van der Waals surface area contributed by atoms with Crippen LogP contribution in [-0.4, -0.2) is 62.8 Å². The topological polar surface area (TPSA) is 103 Å². The summed E-state index contributed by atoms with van der Waals surface area (Å²) in [6.07, 6.45) is 5.92. The third-order valence-corrected chi connectivity index (χ3v) is 12.8. The second-order valence-electron chi connectivity index (χ2n) is 9.94. The first-order valence-corrected chi connectivity index (χ1v) is 17.3. The van der Waals surface area contributed by atoms with Crippen molar-refractivity contribution in [2.75, 3.05) is 30.2 Å². The minimum absolute atomic E-state index is 0.295. The number of rotatable bonds is 9. The maximum atomic E-state index is 13.6. The summed E-state index contributed by atoms with van der Waals surface area (Å²) in [4.78, 5) is 11.3. The lowest BCUT2D eigenvalue weighted by atomic mass is 10.2. The van der Waals surface area contributed by atoms with Gasteiger partial charge < -0.3 is 4.98 Å². The predicted molar refractivity (Wildman–Crippen MR) is 150 cm³/mol. The number of para-hydroxylation sites is 1. The van der Waals surface area contributed by atoms with E-state index in [4.69, 9.17) is 0 Å². The first-order chi connectivity index (χ1) is 17.7. The summed E-state index contributed by atoms with van der Waals surface area (Å²) < 4.78 is 52.9. The molecule has 1 aromatic carbocycles. The molecule has 1 atom stereocenters. The molecule has 1 unspecified atom stereocenters. The van der Waals surface area contributed by atoms with Gasteiger partial charge in [-0.15, -0.1) is 22.7 Å². The van der Waals surface area contributed by atoms with Crippen molar-refractivity contribution in [2.45, 2.75) is 35.3 Å². The minimum atomic E-state index is -3.67. The van der Waals surface area contributed by atoms with Crippen LogP contribution in [0.25, 0.3) is 21.6 Å². The Morgan fingerprint density at radius 3 is 2.68 bits per heavy atom. The molecule has 0 radical (unpaired) electrons. The maximum Gasteiger partial charge on any atom is 0.273 e. The lowest BCUT2D eigenvalue weighted by molar-refractivity contribution is 0.334. The number of hydrogen-bond donors (Lipinski definition) is 1. The molecule has 8 nitrogen and oxygen atoms in total. The molecular weight excluding hydrogens is 549 g/mol. The van der Waals surface area contributed by atoms with E-state index < -0.39 is 19.9 Å². The Bertz CT molecular complexity index is 1640. The highest BCUT2D eigenvalue weighted by molar-refractivity contribution is 7.94. The molecule has 196 valence electrons. The zero-order chi connectivity index (χ0) is 25.8. The summed E-state index contributed by atoms with van der Waals surface area (Å²) >= 11 is 2.81. The number of benzene rings is 1. The van der Waals surface area contributed by atoms with Crippen LogP contribution < -0.4 is 4.31 Å². The van der Waals surface area contributed by atoms with Crippen LogP contribution in [-0.2, 0) is 26.4 Å². The highest BCUT2D eigenvalue weighted by Crippen LogP contribution is 2.39. The van der Waals surface area contributed by atoms with E-state index in [1.165, 1.54) is 17.6 Å². The molecule has 1 saturated heterocycles. The van der Waals surface area contributed by atoms with E-state index in [2.05, 4.69) is 14.9 Å². The van der Waals surface area contributed by atoms with E-state index in [-0.39, 0.29) is 5.25 Å². The molecule has 3 aromatic heterocycles. The molecule has 4 heterocycles. The number of H-pyrrole nitrogens is 1. The van der Waals surface area contributed by atoms with Gasteiger partial charge in [0, 0.05) is 42.4 Å². The van der Waals surface area contributed by atoms with E-state index in [9.17, 15) is 16.8 Å². The molecule has 2 fully saturated rings. The number of sulfone groups is 1. The quantitative estimate of drug-likeness (QED) is 0.313. The molecule has 0 bridgehead atoms. The average Bonchev–Trinajstić information content (AvgIpc) is 3.37. The largest absolute Gasteiger partial charge is 0.351 e. The van der Waals surface area contributed by atoms with Gasteiger partial charge in [0.05, 0.1) is 22.1 Å². The van der Waals surface area contributed by atoms with E-state index in [0.717, 1.165) is 45.9 Å². The van der Waals surface area contributed by atoms with Crippen LogP contribution in [0.15, 0.2) is 52.2 Å². The van der Waals surface area contributed by atoms with Gasteiger partial charge in [-0.2, -0.15) is 0 Å². The number of hydrogen-bond acceptors (Lipinski definition) is 8. The summed E-state index contributed by atoms with van der Waals surface area (Å²) in [6.45, 7) is 2.45. The van der Waals surface area contributed by atoms with Crippen LogP contribution >= 0.6 is 22.7 Å². The van der Waals surface area contributed by atoms with Crippen molar-refractivity contribution in [3.05, 3.63) is 52.9 Å². The van der Waals surface area contributed by atoms with Gasteiger partial charge in [-0.25, -0.2) is 21.8 Å². The SMILES string of the molecule is CS(=O)(=O)C1CCN(Cc2cnc(-c3cc4cccc(N(CC5CC5)S(=O)(=O)c5cccs5)c4[nH]3)s2)C1. The Kier molecular flexibility index (Phi) is 6.43. The van der Waals surface area contributed by atoms with Gasteiger partial charge in [0.25, 0.3) is 10.0 Å². The fourth-order valence-electron chi connectivity index (χ4n) is 4.86. The number of anilines is 1. The van der Waals surface area contributed by atoms with E-state index >= 15 is 0 Å². The molecule has 12 heteroatoms. The number of aromatic amines is 1. The number of aromatic nitrogens is 2. The zero-order valence-electron chi connectivity index (χ0n) is 20.3. The van der Waals surface area contributed by atoms with Gasteiger partial charge in [0.1, 0.15) is 9.22 Å². The first-order valence-electron chi connectivity index (χ1n) is 12.2. The maximum absolute atomic E-state index is 13.6. The smallest absolute Gasteiger partial charge is 0.273 e. The lowest BCUT2D eigenvalue weighted by Gasteiger charge is -2.24. The summed E-state index contributed by atoms with van der Waals surface area (Å²) in [5, 5.41) is 3.25. The fourth-order valence-corrected chi connectivity index (χ4v) is 9.46. The molecule has 0 spiro atoms. The van der Waals surface area contributed by atoms with Gasteiger partial charge in [-0.1, -0.05) is 18.2 Å². The third-order valence-electron chi connectivity index (χ3n) is 7.06. The van der Waals surface area contributed by atoms with Gasteiger partial charge in [0.15, 0.2) is 9.84 Å². The van der Waals surface area contributed by atoms with Crippen LogP contribution in [0.3, 0.4) is 0 Å². The first kappa shape index (κ1) is 25.1. The Hall–Kier alpha value is -2.25. The van der Waals surface area contributed by atoms with Gasteiger partial charge >= 0.3 is 0 Å². The zero-order valence-corrected chi connectivity index (χ0v) is 23.6. The van der Waals surface area contributed by atoms with Crippen LogP contribution in [0, 0.1) is 5.92 Å². The van der Waals surface area contributed by atoms with Crippen LogP contribution in [0.5, 0.6) is 0 Å². The number of thiazole rings is 1. The minimum Gasteiger partial charge on any atom is -0.351 e. The molecule has 37 heavy (non-hydrogen) atoms. The Morgan fingerprint density at radius 2 is 1.97 bits per heavy atom. The Balaban J connectivity index is 1.29. The van der Waals surface area contributed by atoms with Gasteiger partial charge in [-0.05, 0) is 55.3 Å². The molecule has 1 aliphatic heterocycles. The second kappa shape index (κ2) is 9.49. The van der Waals surface area contributed by atoms with Gasteiger partial charge in [-0.3, -0.25) is 9.21 Å². The van der Waals surface area contributed by atoms with E-state index in [1.807, 2.05) is 30.5 Å². The van der Waals surface area contributed by atoms with Crippen molar-refractivity contribution < 1.29 is 16.8 Å². The third kappa shape index (κ3) is 5.09. The number of sulfonamides is 1. The molecule has 4 aromatic rings. The molecule has 1 aliphatic carbocycles. The van der Waals surface area contributed by atoms with Crippen LogP contribution in [0.4, 0.5) is 5.69 Å². The predicted octanol–water partition coefficient (Wildman–Crippen LogP) is 4.58. The highest BCUT2D eigenvalue weighted by atomic mass is 32.2. The standard InChI is InChI=1S/C25H28N4O4S4/c1-36(30,31)20-9-10-28(16-20)15-19-13-26-25(35-19)21-12-18-4-2-5-22(24(18)27-21)29(14-17-7-8-17)37(32,33)23-6-3-11-34-23/h2-6,11-13,17,20,27H,7-10,14-16H2,1H3. The van der Waals surface area contributed by atoms with E-state index in [0.29, 0.717) is 41.9 Å². The lowest BCUT2D eigenvalue weighted by Crippen LogP contribution is -2.32. The molecule has 6 rings (SSSR count). The summed E-state index contributed by atoms with van der Waals surface area (Å²) in [7, 11) is -6.69. The number of nitrogens with one attached hydrogen (secondary N) is 1. The molecule has 1 N–H and O–H groups in total. The summed E-state index contributed by atoms with van der Waals surface area (Å²) in [5.74, 6) is 0.383. The van der Waals surface area contributed by atoms with Crippen LogP contribution in [0.1, 0.15) is 24.1 Å². The monoisotopic (exact) mass is 576 g/mol. The van der Waals surface area contributed by atoms with Crippen molar-refractivity contribution in [3.63, 3.8) is 0 Å². The Morgan fingerprint density at radius 1 is 1.14 bits per heavy atom. The number of likely N-dealkylation sites (tertiary alicyclic amines) is 1. The van der Waals surface area contributed by atoms with Crippen molar-refractivity contribution in [3.8, 4) is 10.7 Å². The molecule has 2 aliphatic rings. The number of thiophene rings is 1. The fraction of sp³-hybridized carbons (Fsp3) is 0.400. The molecular formula is C25H28N4O4S4. The van der Waals surface area contributed by atoms with E-state index in [1.54, 1.807) is 33.2 Å². The molecule has 1 saturated carbocycles. The van der Waals surface area contributed by atoms with Crippen molar-refractivity contribution >= 4 is 59.1 Å². The number of fused-ring (bicyclic) bond motifs is 1. The van der Waals surface area contributed by atoms with Crippen molar-refractivity contribution in [2.24, 2.45) is 5.92 Å². The average molecular weight is 577 g/mol. The van der Waals surface area contributed by atoms with Gasteiger partial charge in [0.2, 0.25) is 0 Å². The summed E-state index contributed by atoms with van der Waals surface area (Å²) in [6, 6.07) is 11.2. The number of nitrogens with zero attached hydrogens (tertiary/aromatic N) is 3. The second-order valence-corrected chi connectivity index (χ2v) is 16.4. The van der Waals surface area contributed by atoms with Crippen molar-refractivity contribution in [1.82, 2.24) is 14.9 Å². The van der Waals surface area contributed by atoms with Crippen LogP contribution in [0.2, 0.25) is 0 Å². The normalized spacial score (nSPS) is 19.1. The molecule has 0 amide bonds. The van der Waals surface area contributed by atoms with Crippen molar-refractivity contribution in [1.29, 1.82) is 0 Å². The highest BCUT2D eigenvalue weighted by Gasteiger charge is 2.34. The Labute approximate surface area is 224 Å².